The van der Waals surface area contributed by atoms with Crippen LogP contribution in [0.5, 0.6) is 11.5 Å². The van der Waals surface area contributed by atoms with Crippen molar-refractivity contribution in [2.24, 2.45) is 16.6 Å². The first-order valence-electron chi connectivity index (χ1n) is 12.4. The molecule has 11 nitrogen and oxygen atoms in total. The minimum absolute atomic E-state index is 0.0924. The molecule has 0 saturated carbocycles. The fourth-order valence-corrected chi connectivity index (χ4v) is 4.66. The normalized spacial score (nSPS) is 12.5. The molecular weight excluding hydrogens is 570 g/mol. The summed E-state index contributed by atoms with van der Waals surface area (Å²) in [5.74, 6) is 0.123. The summed E-state index contributed by atoms with van der Waals surface area (Å²) in [6, 6.07) is 19.6. The fourth-order valence-electron chi connectivity index (χ4n) is 3.30. The molecule has 0 heterocycles. The highest BCUT2D eigenvalue weighted by molar-refractivity contribution is 7.90. The summed E-state index contributed by atoms with van der Waals surface area (Å²) < 4.78 is 54.4. The zero-order valence-electron chi connectivity index (χ0n) is 23.6. The summed E-state index contributed by atoms with van der Waals surface area (Å²) in [5, 5.41) is 13.4. The van der Waals surface area contributed by atoms with Gasteiger partial charge in [0.15, 0.2) is 11.5 Å². The largest absolute Gasteiger partial charge is 0.493 e. The van der Waals surface area contributed by atoms with Gasteiger partial charge in [0.2, 0.25) is 10.0 Å². The quantitative estimate of drug-likeness (QED) is 0.264. The summed E-state index contributed by atoms with van der Waals surface area (Å²) >= 11 is 0. The van der Waals surface area contributed by atoms with Gasteiger partial charge >= 0.3 is 5.97 Å². The number of sulfone groups is 1. The topological polar surface area (TPSA) is 202 Å². The van der Waals surface area contributed by atoms with E-state index in [1.165, 1.54) is 18.4 Å². The van der Waals surface area contributed by atoms with E-state index in [-0.39, 0.29) is 10.6 Å². The number of sulfonamides is 1. The van der Waals surface area contributed by atoms with Crippen molar-refractivity contribution in [2.45, 2.75) is 37.2 Å². The molecule has 0 aliphatic rings. The van der Waals surface area contributed by atoms with Crippen LogP contribution in [0.1, 0.15) is 29.7 Å². The van der Waals surface area contributed by atoms with E-state index < -0.39 is 37.9 Å². The lowest BCUT2D eigenvalue weighted by Crippen LogP contribution is -2.32. The molecule has 13 heteroatoms. The molecule has 0 saturated heterocycles. The summed E-state index contributed by atoms with van der Waals surface area (Å²) in [5.41, 5.74) is 13.9. The molecule has 2 atom stereocenters. The Morgan fingerprint density at radius 3 is 1.98 bits per heavy atom. The predicted octanol–water partition coefficient (Wildman–Crippen LogP) is 2.42. The molecule has 226 valence electrons. The second kappa shape index (κ2) is 16.7. The van der Waals surface area contributed by atoms with Crippen molar-refractivity contribution < 1.29 is 36.2 Å². The lowest BCUT2D eigenvalue weighted by atomic mass is 10.1. The van der Waals surface area contributed by atoms with Crippen LogP contribution in [-0.2, 0) is 31.1 Å². The Hall–Kier alpha value is -3.49. The number of carboxylic acids is 1. The van der Waals surface area contributed by atoms with Gasteiger partial charge in [0.05, 0.1) is 24.4 Å². The number of benzene rings is 3. The maximum absolute atomic E-state index is 11.2. The average molecular weight is 610 g/mol. The van der Waals surface area contributed by atoms with E-state index in [0.717, 1.165) is 11.1 Å². The van der Waals surface area contributed by atoms with Gasteiger partial charge < -0.3 is 26.0 Å². The third kappa shape index (κ3) is 14.1. The standard InChI is InChI=1S/C12H19NO4S.C9H11NO2.C7H9NO2S/c1-4-17-12-7-9(5-6-11(12)16-2)10(13)8-18(3,14)15;10-8(9(11)12)6-7-4-2-1-3-5-7;1-6-2-4-7(5-3-6)11(8,9)10/h5-7,10H,4,8,13H2,1-3H3;1-5,8H,6,10H2,(H,11,12);2-5H,1H3,(H2,8,9,10). The van der Waals surface area contributed by atoms with E-state index >= 15 is 0 Å². The molecule has 0 radical (unpaired) electrons. The van der Waals surface area contributed by atoms with Crippen molar-refractivity contribution in [3.63, 3.8) is 0 Å². The molecule has 0 amide bonds. The van der Waals surface area contributed by atoms with Crippen LogP contribution in [0.25, 0.3) is 0 Å². The Morgan fingerprint density at radius 2 is 1.51 bits per heavy atom. The lowest BCUT2D eigenvalue weighted by molar-refractivity contribution is -0.138. The number of nitrogens with two attached hydrogens (primary N) is 3. The van der Waals surface area contributed by atoms with Crippen LogP contribution in [0, 0.1) is 6.92 Å². The van der Waals surface area contributed by atoms with Crippen LogP contribution >= 0.6 is 0 Å². The number of aliphatic carboxylic acids is 1. The van der Waals surface area contributed by atoms with E-state index in [1.54, 1.807) is 37.4 Å². The van der Waals surface area contributed by atoms with Gasteiger partial charge in [-0.15, -0.1) is 0 Å². The number of aryl methyl sites for hydroxylation is 1. The molecule has 2 unspecified atom stereocenters. The summed E-state index contributed by atoms with van der Waals surface area (Å²) in [7, 11) is -5.08. The first kappa shape index (κ1) is 35.5. The van der Waals surface area contributed by atoms with E-state index in [2.05, 4.69) is 0 Å². The lowest BCUT2D eigenvalue weighted by Gasteiger charge is -2.15. The van der Waals surface area contributed by atoms with Crippen LogP contribution in [0.4, 0.5) is 0 Å². The van der Waals surface area contributed by atoms with Crippen LogP contribution in [0.3, 0.4) is 0 Å². The maximum Gasteiger partial charge on any atom is 0.320 e. The van der Waals surface area contributed by atoms with Gasteiger partial charge in [-0.1, -0.05) is 54.1 Å². The zero-order valence-corrected chi connectivity index (χ0v) is 25.2. The number of carbonyl (C=O) groups is 1. The average Bonchev–Trinajstić information content (AvgIpc) is 2.89. The first-order chi connectivity index (χ1) is 19.1. The van der Waals surface area contributed by atoms with Crippen molar-refractivity contribution in [2.75, 3.05) is 25.7 Å². The van der Waals surface area contributed by atoms with Gasteiger partial charge in [0.25, 0.3) is 0 Å². The highest BCUT2D eigenvalue weighted by Crippen LogP contribution is 2.30. The predicted molar refractivity (Wildman–Crippen MR) is 159 cm³/mol. The Labute approximate surface area is 242 Å². The van der Waals surface area contributed by atoms with Crippen molar-refractivity contribution in [1.82, 2.24) is 0 Å². The molecular formula is C28H39N3O8S2. The number of methoxy groups -OCH3 is 1. The Kier molecular flexibility index (Phi) is 14.5. The molecule has 3 aromatic rings. The van der Waals surface area contributed by atoms with E-state index in [1.807, 2.05) is 44.2 Å². The number of hydrogen-bond donors (Lipinski definition) is 4. The van der Waals surface area contributed by atoms with Gasteiger partial charge in [0.1, 0.15) is 15.9 Å². The van der Waals surface area contributed by atoms with E-state index in [4.69, 9.17) is 31.2 Å². The smallest absolute Gasteiger partial charge is 0.320 e. The molecule has 0 aromatic heterocycles. The van der Waals surface area contributed by atoms with Crippen molar-refractivity contribution in [3.8, 4) is 11.5 Å². The molecule has 0 aliphatic heterocycles. The highest BCUT2D eigenvalue weighted by atomic mass is 32.2. The van der Waals surface area contributed by atoms with Crippen molar-refractivity contribution in [1.29, 1.82) is 0 Å². The maximum atomic E-state index is 11.2. The van der Waals surface area contributed by atoms with Gasteiger partial charge in [-0.25, -0.2) is 22.0 Å². The fraction of sp³-hybridized carbons (Fsp3) is 0.321. The molecule has 3 aromatic carbocycles. The molecule has 41 heavy (non-hydrogen) atoms. The zero-order chi connectivity index (χ0) is 31.2. The van der Waals surface area contributed by atoms with Crippen LogP contribution in [0.15, 0.2) is 77.7 Å². The van der Waals surface area contributed by atoms with Crippen molar-refractivity contribution in [3.05, 3.63) is 89.5 Å². The third-order valence-electron chi connectivity index (χ3n) is 5.36. The van der Waals surface area contributed by atoms with Gasteiger partial charge in [-0.05, 0) is 55.7 Å². The molecule has 0 bridgehead atoms. The summed E-state index contributed by atoms with van der Waals surface area (Å²) in [4.78, 5) is 10.5. The molecule has 0 spiro atoms. The van der Waals surface area contributed by atoms with Gasteiger partial charge in [0, 0.05) is 12.3 Å². The number of carboxylic acid groups (broad SMARTS) is 1. The minimum Gasteiger partial charge on any atom is -0.493 e. The van der Waals surface area contributed by atoms with Gasteiger partial charge in [-0.2, -0.15) is 0 Å². The number of ether oxygens (including phenoxy) is 2. The third-order valence-corrected chi connectivity index (χ3v) is 7.26. The molecule has 7 N–H and O–H groups in total. The van der Waals surface area contributed by atoms with Crippen LogP contribution in [0.2, 0.25) is 0 Å². The van der Waals surface area contributed by atoms with E-state index in [0.29, 0.717) is 30.1 Å². The Balaban J connectivity index is 0.000000320. The number of hydrogen-bond acceptors (Lipinski definition) is 9. The van der Waals surface area contributed by atoms with Crippen molar-refractivity contribution >= 4 is 25.8 Å². The van der Waals surface area contributed by atoms with Gasteiger partial charge in [-0.3, -0.25) is 4.79 Å². The molecule has 0 aliphatic carbocycles. The second-order valence-electron chi connectivity index (χ2n) is 9.03. The molecule has 0 fully saturated rings. The van der Waals surface area contributed by atoms with E-state index in [9.17, 15) is 21.6 Å². The highest BCUT2D eigenvalue weighted by Gasteiger charge is 2.15. The monoisotopic (exact) mass is 609 g/mol. The number of rotatable bonds is 10. The van der Waals surface area contributed by atoms with Crippen LogP contribution in [-0.4, -0.2) is 59.7 Å². The SMILES string of the molecule is CCOc1cc(C(N)CS(C)(=O)=O)ccc1OC.Cc1ccc(S(N)(=O)=O)cc1.NC(Cc1ccccc1)C(=O)O. The second-order valence-corrected chi connectivity index (χ2v) is 12.8. The summed E-state index contributed by atoms with van der Waals surface area (Å²) in [6.45, 7) is 4.25. The minimum atomic E-state index is -3.52. The number of primary sulfonamides is 1. The summed E-state index contributed by atoms with van der Waals surface area (Å²) in [6.07, 6.45) is 1.55. The first-order valence-corrected chi connectivity index (χ1v) is 16.0. The van der Waals surface area contributed by atoms with Crippen LogP contribution < -0.4 is 26.1 Å². The Morgan fingerprint density at radius 1 is 0.927 bits per heavy atom. The molecule has 3 rings (SSSR count). The Bertz CT molecular complexity index is 1450.